The molecule has 22 heavy (non-hydrogen) atoms. The highest BCUT2D eigenvalue weighted by Crippen LogP contribution is 2.38. The highest BCUT2D eigenvalue weighted by atomic mass is 31.2. The van der Waals surface area contributed by atoms with E-state index in [0.29, 0.717) is 12.0 Å². The van der Waals surface area contributed by atoms with E-state index >= 15 is 0 Å². The van der Waals surface area contributed by atoms with Gasteiger partial charge in [-0.3, -0.25) is 4.57 Å². The Kier molecular flexibility index (Phi) is 5.46. The van der Waals surface area contributed by atoms with E-state index in [-0.39, 0.29) is 30.1 Å². The van der Waals surface area contributed by atoms with Gasteiger partial charge in [-0.25, -0.2) is 8.78 Å². The standard InChI is InChI=1S/C16H17F2O3P/c17-13-9-7-12(8-10-13)14(5-3-11-22(19,20)21)15-4-1-2-6-16(15)18/h1-2,4,6-10,14H,3,5,11H2,(H2,19,20,21). The number of hydrogen-bond donors (Lipinski definition) is 2. The first-order valence-corrected chi connectivity index (χ1v) is 8.71. The molecule has 0 amide bonds. The third-order valence-electron chi connectivity index (χ3n) is 3.50. The Labute approximate surface area is 127 Å². The fourth-order valence-electron chi connectivity index (χ4n) is 2.46. The summed E-state index contributed by atoms with van der Waals surface area (Å²) in [5, 5.41) is 0. The van der Waals surface area contributed by atoms with Crippen molar-refractivity contribution in [3.05, 3.63) is 71.3 Å². The lowest BCUT2D eigenvalue weighted by atomic mass is 9.87. The molecule has 6 heteroatoms. The molecule has 0 aromatic heterocycles. The molecule has 0 bridgehead atoms. The molecule has 118 valence electrons. The van der Waals surface area contributed by atoms with Crippen LogP contribution in [0, 0.1) is 11.6 Å². The summed E-state index contributed by atoms with van der Waals surface area (Å²) < 4.78 is 38.1. The van der Waals surface area contributed by atoms with E-state index in [1.807, 2.05) is 0 Å². The van der Waals surface area contributed by atoms with Crippen LogP contribution in [-0.2, 0) is 4.57 Å². The van der Waals surface area contributed by atoms with Gasteiger partial charge in [-0.05, 0) is 42.2 Å². The largest absolute Gasteiger partial charge is 0.325 e. The maximum Gasteiger partial charge on any atom is 0.325 e. The molecule has 1 unspecified atom stereocenters. The van der Waals surface area contributed by atoms with Gasteiger partial charge in [0.25, 0.3) is 0 Å². The van der Waals surface area contributed by atoms with Crippen LogP contribution >= 0.6 is 7.60 Å². The Bertz CT molecular complexity index is 667. The summed E-state index contributed by atoms with van der Waals surface area (Å²) in [6.07, 6.45) is 0.372. The minimum atomic E-state index is -4.08. The molecule has 0 saturated carbocycles. The van der Waals surface area contributed by atoms with E-state index < -0.39 is 7.60 Å². The molecule has 0 aliphatic carbocycles. The quantitative estimate of drug-likeness (QED) is 0.787. The molecule has 0 fully saturated rings. The summed E-state index contributed by atoms with van der Waals surface area (Å²) in [5.41, 5.74) is 1.16. The van der Waals surface area contributed by atoms with Crippen molar-refractivity contribution in [3.8, 4) is 0 Å². The lowest BCUT2D eigenvalue weighted by molar-refractivity contribution is 0.370. The number of hydrogen-bond acceptors (Lipinski definition) is 1. The first-order valence-electron chi connectivity index (χ1n) is 6.91. The molecule has 0 spiro atoms. The van der Waals surface area contributed by atoms with Crippen LogP contribution in [0.4, 0.5) is 8.78 Å². The fraction of sp³-hybridized carbons (Fsp3) is 0.250. The number of benzene rings is 2. The molecule has 2 aromatic rings. The Morgan fingerprint density at radius 1 is 1.00 bits per heavy atom. The van der Waals surface area contributed by atoms with Crippen LogP contribution in [0.5, 0.6) is 0 Å². The summed E-state index contributed by atoms with van der Waals surface area (Å²) in [7, 11) is -4.08. The molecule has 1 atom stereocenters. The van der Waals surface area contributed by atoms with Gasteiger partial charge in [-0.15, -0.1) is 0 Å². The minimum absolute atomic E-state index is 0.251. The number of halogens is 2. The van der Waals surface area contributed by atoms with E-state index in [2.05, 4.69) is 0 Å². The molecular weight excluding hydrogens is 309 g/mol. The molecule has 2 aromatic carbocycles. The average molecular weight is 326 g/mol. The maximum absolute atomic E-state index is 14.0. The molecule has 0 radical (unpaired) electrons. The average Bonchev–Trinajstić information content (AvgIpc) is 2.45. The van der Waals surface area contributed by atoms with Gasteiger partial charge in [0.15, 0.2) is 0 Å². The van der Waals surface area contributed by atoms with E-state index in [0.717, 1.165) is 5.56 Å². The van der Waals surface area contributed by atoms with Crippen LogP contribution in [0.1, 0.15) is 29.9 Å². The second kappa shape index (κ2) is 7.14. The van der Waals surface area contributed by atoms with Crippen LogP contribution in [0.15, 0.2) is 48.5 Å². The molecule has 2 N–H and O–H groups in total. The Hall–Kier alpha value is -1.55. The highest BCUT2D eigenvalue weighted by Gasteiger charge is 2.20. The predicted molar refractivity (Wildman–Crippen MR) is 80.8 cm³/mol. The molecule has 2 rings (SSSR count). The van der Waals surface area contributed by atoms with Gasteiger partial charge in [-0.1, -0.05) is 30.3 Å². The lowest BCUT2D eigenvalue weighted by Crippen LogP contribution is -2.05. The Balaban J connectivity index is 2.26. The molecule has 0 aliphatic rings. The van der Waals surface area contributed by atoms with Crippen molar-refractivity contribution in [1.82, 2.24) is 0 Å². The van der Waals surface area contributed by atoms with E-state index in [9.17, 15) is 13.3 Å². The van der Waals surface area contributed by atoms with E-state index in [1.54, 1.807) is 30.3 Å². The van der Waals surface area contributed by atoms with Gasteiger partial charge in [0.1, 0.15) is 11.6 Å². The van der Waals surface area contributed by atoms with Crippen molar-refractivity contribution >= 4 is 7.60 Å². The lowest BCUT2D eigenvalue weighted by Gasteiger charge is -2.19. The second-order valence-corrected chi connectivity index (χ2v) is 6.93. The second-order valence-electron chi connectivity index (χ2n) is 5.16. The zero-order valence-corrected chi connectivity index (χ0v) is 12.7. The van der Waals surface area contributed by atoms with Crippen molar-refractivity contribution < 1.29 is 23.1 Å². The SMILES string of the molecule is O=P(O)(O)CCCC(c1ccc(F)cc1)c1ccccc1F. The highest BCUT2D eigenvalue weighted by molar-refractivity contribution is 7.51. The van der Waals surface area contributed by atoms with Crippen molar-refractivity contribution in [1.29, 1.82) is 0 Å². The summed E-state index contributed by atoms with van der Waals surface area (Å²) >= 11 is 0. The monoisotopic (exact) mass is 326 g/mol. The van der Waals surface area contributed by atoms with Gasteiger partial charge in [0.2, 0.25) is 0 Å². The van der Waals surface area contributed by atoms with Crippen LogP contribution in [0.2, 0.25) is 0 Å². The van der Waals surface area contributed by atoms with Gasteiger partial charge >= 0.3 is 7.60 Å². The Morgan fingerprint density at radius 2 is 1.64 bits per heavy atom. The predicted octanol–water partition coefficient (Wildman–Crippen LogP) is 4.05. The zero-order valence-electron chi connectivity index (χ0n) is 11.8. The summed E-state index contributed by atoms with van der Waals surface area (Å²) in [4.78, 5) is 17.9. The molecule has 3 nitrogen and oxygen atoms in total. The third-order valence-corrected chi connectivity index (χ3v) is 4.39. The van der Waals surface area contributed by atoms with Gasteiger partial charge in [0.05, 0.1) is 0 Å². The van der Waals surface area contributed by atoms with Crippen LogP contribution < -0.4 is 0 Å². The number of rotatable bonds is 6. The first-order chi connectivity index (χ1) is 10.4. The Morgan fingerprint density at radius 3 is 2.23 bits per heavy atom. The molecule has 0 aliphatic heterocycles. The van der Waals surface area contributed by atoms with Crippen LogP contribution in [-0.4, -0.2) is 15.9 Å². The van der Waals surface area contributed by atoms with Crippen molar-refractivity contribution in [3.63, 3.8) is 0 Å². The summed E-state index contributed by atoms with van der Waals surface area (Å²) in [6, 6.07) is 12.0. The summed E-state index contributed by atoms with van der Waals surface area (Å²) in [6.45, 7) is 0. The molecular formula is C16H17F2O3P. The van der Waals surface area contributed by atoms with Crippen LogP contribution in [0.3, 0.4) is 0 Å². The van der Waals surface area contributed by atoms with Crippen molar-refractivity contribution in [2.45, 2.75) is 18.8 Å². The topological polar surface area (TPSA) is 57.5 Å². The van der Waals surface area contributed by atoms with E-state index in [4.69, 9.17) is 9.79 Å². The molecule has 0 saturated heterocycles. The third kappa shape index (κ3) is 4.73. The van der Waals surface area contributed by atoms with Crippen molar-refractivity contribution in [2.24, 2.45) is 0 Å². The first kappa shape index (κ1) is 16.8. The smallest absolute Gasteiger partial charge is 0.324 e. The maximum atomic E-state index is 14.0. The zero-order chi connectivity index (χ0) is 16.2. The van der Waals surface area contributed by atoms with Gasteiger partial charge in [-0.2, -0.15) is 0 Å². The molecule has 0 heterocycles. The van der Waals surface area contributed by atoms with Gasteiger partial charge in [0, 0.05) is 12.1 Å². The van der Waals surface area contributed by atoms with E-state index in [1.165, 1.54) is 18.2 Å². The van der Waals surface area contributed by atoms with Crippen LogP contribution in [0.25, 0.3) is 0 Å². The minimum Gasteiger partial charge on any atom is -0.324 e. The summed E-state index contributed by atoms with van der Waals surface area (Å²) in [5.74, 6) is -1.13. The normalized spacial score (nSPS) is 13.1. The van der Waals surface area contributed by atoms with Gasteiger partial charge < -0.3 is 9.79 Å². The fourth-order valence-corrected chi connectivity index (χ4v) is 3.05. The van der Waals surface area contributed by atoms with Crippen molar-refractivity contribution in [2.75, 3.05) is 6.16 Å².